The molecule has 2 amide bonds. The maximum absolute atomic E-state index is 14.0. The highest BCUT2D eigenvalue weighted by Gasteiger charge is 2.35. The van der Waals surface area contributed by atoms with Crippen LogP contribution in [-0.4, -0.2) is 78.5 Å². The molecule has 0 radical (unpaired) electrons. The van der Waals surface area contributed by atoms with Crippen LogP contribution in [-0.2, 0) is 29.0 Å². The van der Waals surface area contributed by atoms with Crippen LogP contribution in [0.25, 0.3) is 0 Å². The van der Waals surface area contributed by atoms with Crippen molar-refractivity contribution >= 4 is 23.4 Å². The second-order valence-electron chi connectivity index (χ2n) is 12.4. The van der Waals surface area contributed by atoms with Crippen LogP contribution in [0.1, 0.15) is 56.2 Å². The van der Waals surface area contributed by atoms with E-state index >= 15 is 0 Å². The van der Waals surface area contributed by atoms with E-state index in [-0.39, 0.29) is 17.9 Å². The minimum Gasteiger partial charge on any atom is -0.343 e. The third-order valence-corrected chi connectivity index (χ3v) is 9.22. The number of hydrogen-bond donors (Lipinski definition) is 3. The second-order valence-corrected chi connectivity index (χ2v) is 12.9. The molecule has 41 heavy (non-hydrogen) atoms. The Labute approximate surface area is 250 Å². The van der Waals surface area contributed by atoms with Crippen molar-refractivity contribution in [2.45, 2.75) is 83.1 Å². The summed E-state index contributed by atoms with van der Waals surface area (Å²) >= 11 is 6.13. The van der Waals surface area contributed by atoms with Crippen LogP contribution in [0, 0.1) is 5.92 Å². The van der Waals surface area contributed by atoms with Gasteiger partial charge >= 0.3 is 0 Å². The Bertz CT molecular complexity index is 1160. The molecule has 2 aromatic rings. The molecule has 7 nitrogen and oxygen atoms in total. The summed E-state index contributed by atoms with van der Waals surface area (Å²) in [5.41, 5.74) is 3.40. The van der Waals surface area contributed by atoms with Crippen molar-refractivity contribution < 1.29 is 9.59 Å². The maximum Gasteiger partial charge on any atom is 0.245 e. The molecule has 0 bridgehead atoms. The Morgan fingerprint density at radius 1 is 0.976 bits per heavy atom. The summed E-state index contributed by atoms with van der Waals surface area (Å²) in [6.07, 6.45) is 5.41. The van der Waals surface area contributed by atoms with Gasteiger partial charge in [-0.3, -0.25) is 14.5 Å². The Morgan fingerprint density at radius 2 is 1.63 bits per heavy atom. The minimum atomic E-state index is -0.615. The number of nitrogens with one attached hydrogen (secondary N) is 3. The van der Waals surface area contributed by atoms with E-state index in [2.05, 4.69) is 46.8 Å². The molecular weight excluding hydrogens is 534 g/mol. The quantitative estimate of drug-likeness (QED) is 0.421. The van der Waals surface area contributed by atoms with Gasteiger partial charge in [0.1, 0.15) is 6.04 Å². The zero-order valence-electron chi connectivity index (χ0n) is 24.6. The van der Waals surface area contributed by atoms with Crippen molar-refractivity contribution in [3.8, 4) is 0 Å². The zero-order valence-corrected chi connectivity index (χ0v) is 25.3. The molecule has 2 unspecified atom stereocenters. The third kappa shape index (κ3) is 7.89. The molecule has 3 heterocycles. The third-order valence-electron chi connectivity index (χ3n) is 8.96. The lowest BCUT2D eigenvalue weighted by atomic mass is 9.94. The summed E-state index contributed by atoms with van der Waals surface area (Å²) in [4.78, 5) is 32.2. The van der Waals surface area contributed by atoms with Gasteiger partial charge in [0, 0.05) is 49.7 Å². The lowest BCUT2D eigenvalue weighted by Crippen LogP contribution is -2.58. The number of likely N-dealkylation sites (tertiary alicyclic amines) is 1. The Balaban J connectivity index is 1.25. The van der Waals surface area contributed by atoms with Crippen molar-refractivity contribution in [3.63, 3.8) is 0 Å². The fraction of sp³-hybridized carbons (Fsp3) is 0.576. The van der Waals surface area contributed by atoms with Crippen molar-refractivity contribution in [2.24, 2.45) is 5.92 Å². The van der Waals surface area contributed by atoms with Crippen LogP contribution in [0.4, 0.5) is 0 Å². The van der Waals surface area contributed by atoms with E-state index in [1.807, 2.05) is 41.3 Å². The highest BCUT2D eigenvalue weighted by atomic mass is 35.5. The van der Waals surface area contributed by atoms with Crippen LogP contribution in [0.5, 0.6) is 0 Å². The van der Waals surface area contributed by atoms with Crippen molar-refractivity contribution in [3.05, 3.63) is 70.2 Å². The standard InChI is InChI=1S/C33H46ClN5O2/c1-23(2)22-39(28-11-15-35-16-12-28)29-13-17-38(18-14-29)33(41)31(19-24-7-9-27(34)10-8-24)37-32(40)30-20-25-5-3-4-6-26(25)21-36-30/h3-10,23,28-31,35-36H,11-22H2,1-2H3,(H,37,40). The van der Waals surface area contributed by atoms with E-state index in [1.165, 1.54) is 24.0 Å². The number of benzene rings is 2. The zero-order chi connectivity index (χ0) is 28.8. The van der Waals surface area contributed by atoms with E-state index in [0.717, 1.165) is 51.1 Å². The van der Waals surface area contributed by atoms with Crippen LogP contribution >= 0.6 is 11.6 Å². The fourth-order valence-electron chi connectivity index (χ4n) is 6.76. The molecule has 222 valence electrons. The molecule has 0 aromatic heterocycles. The number of hydrogen-bond acceptors (Lipinski definition) is 5. The maximum atomic E-state index is 14.0. The molecule has 2 atom stereocenters. The summed E-state index contributed by atoms with van der Waals surface area (Å²) in [5.74, 6) is 0.514. The molecule has 0 spiro atoms. The van der Waals surface area contributed by atoms with Gasteiger partial charge in [-0.15, -0.1) is 0 Å². The number of fused-ring (bicyclic) bond motifs is 1. The topological polar surface area (TPSA) is 76.7 Å². The van der Waals surface area contributed by atoms with Crippen LogP contribution in [0.3, 0.4) is 0 Å². The van der Waals surface area contributed by atoms with Gasteiger partial charge in [0.25, 0.3) is 0 Å². The molecule has 2 saturated heterocycles. The largest absolute Gasteiger partial charge is 0.343 e. The van der Waals surface area contributed by atoms with Crippen LogP contribution < -0.4 is 16.0 Å². The van der Waals surface area contributed by atoms with Gasteiger partial charge in [0.2, 0.25) is 11.8 Å². The molecular formula is C33H46ClN5O2. The Morgan fingerprint density at radius 3 is 2.32 bits per heavy atom. The Hall–Kier alpha value is -2.45. The molecule has 0 aliphatic carbocycles. The van der Waals surface area contributed by atoms with Gasteiger partial charge < -0.3 is 20.9 Å². The van der Waals surface area contributed by atoms with Gasteiger partial charge in [-0.2, -0.15) is 0 Å². The molecule has 2 fully saturated rings. The lowest BCUT2D eigenvalue weighted by Gasteiger charge is -2.45. The predicted molar refractivity (Wildman–Crippen MR) is 165 cm³/mol. The summed E-state index contributed by atoms with van der Waals surface area (Å²) in [6, 6.07) is 16.0. The van der Waals surface area contributed by atoms with Crippen molar-refractivity contribution in [2.75, 3.05) is 32.7 Å². The van der Waals surface area contributed by atoms with Crippen LogP contribution in [0.15, 0.2) is 48.5 Å². The molecule has 3 aliphatic heterocycles. The average molecular weight is 580 g/mol. The second kappa shape index (κ2) is 14.1. The summed E-state index contributed by atoms with van der Waals surface area (Å²) in [7, 11) is 0. The van der Waals surface area contributed by atoms with Crippen molar-refractivity contribution in [1.82, 2.24) is 25.8 Å². The molecule has 3 aliphatic rings. The normalized spacial score (nSPS) is 21.1. The summed E-state index contributed by atoms with van der Waals surface area (Å²) in [6.45, 7) is 10.00. The SMILES string of the molecule is CC(C)CN(C1CCNCC1)C1CCN(C(=O)C(Cc2ccc(Cl)cc2)NC(=O)C2Cc3ccccc3CN2)CC1. The van der Waals surface area contributed by atoms with Gasteiger partial charge in [-0.05, 0) is 79.9 Å². The molecule has 5 rings (SSSR count). The van der Waals surface area contributed by atoms with E-state index in [0.29, 0.717) is 42.4 Å². The lowest BCUT2D eigenvalue weighted by molar-refractivity contribution is -0.138. The minimum absolute atomic E-state index is 0.0141. The summed E-state index contributed by atoms with van der Waals surface area (Å²) < 4.78 is 0. The number of carbonyl (C=O) groups excluding carboxylic acids is 2. The smallest absolute Gasteiger partial charge is 0.245 e. The average Bonchev–Trinajstić information content (AvgIpc) is 3.00. The van der Waals surface area contributed by atoms with Crippen molar-refractivity contribution in [1.29, 1.82) is 0 Å². The molecule has 0 saturated carbocycles. The number of carbonyl (C=O) groups is 2. The van der Waals surface area contributed by atoms with E-state index in [9.17, 15) is 9.59 Å². The monoisotopic (exact) mass is 579 g/mol. The first-order valence-electron chi connectivity index (χ1n) is 15.5. The number of amides is 2. The van der Waals surface area contributed by atoms with Crippen LogP contribution in [0.2, 0.25) is 5.02 Å². The van der Waals surface area contributed by atoms with Gasteiger partial charge in [-0.1, -0.05) is 61.8 Å². The van der Waals surface area contributed by atoms with E-state index in [4.69, 9.17) is 11.6 Å². The molecule has 3 N–H and O–H groups in total. The summed E-state index contributed by atoms with van der Waals surface area (Å²) in [5, 5.41) is 10.7. The van der Waals surface area contributed by atoms with E-state index in [1.54, 1.807) is 0 Å². The first-order chi connectivity index (χ1) is 19.9. The van der Waals surface area contributed by atoms with Gasteiger partial charge in [-0.25, -0.2) is 0 Å². The highest BCUT2D eigenvalue weighted by molar-refractivity contribution is 6.30. The first-order valence-corrected chi connectivity index (χ1v) is 15.9. The molecule has 2 aromatic carbocycles. The Kier molecular flexibility index (Phi) is 10.4. The fourth-order valence-corrected chi connectivity index (χ4v) is 6.89. The first kappa shape index (κ1) is 30.0. The number of halogens is 1. The van der Waals surface area contributed by atoms with E-state index < -0.39 is 6.04 Å². The molecule has 8 heteroatoms. The number of nitrogens with zero attached hydrogens (tertiary/aromatic N) is 2. The van der Waals surface area contributed by atoms with Gasteiger partial charge in [0.05, 0.1) is 6.04 Å². The predicted octanol–water partition coefficient (Wildman–Crippen LogP) is 3.78. The number of piperidine rings is 2. The number of rotatable bonds is 9. The highest BCUT2D eigenvalue weighted by Crippen LogP contribution is 2.25. The van der Waals surface area contributed by atoms with Gasteiger partial charge in [0.15, 0.2) is 0 Å².